The largest absolute Gasteiger partial charge is 0.492 e. The highest BCUT2D eigenvalue weighted by molar-refractivity contribution is 5.94. The van der Waals surface area contributed by atoms with Crippen LogP contribution in [0.3, 0.4) is 0 Å². The minimum absolute atomic E-state index is 0.0101. The van der Waals surface area contributed by atoms with Crippen LogP contribution in [0.2, 0.25) is 0 Å². The lowest BCUT2D eigenvalue weighted by Crippen LogP contribution is -2.49. The van der Waals surface area contributed by atoms with Crippen molar-refractivity contribution < 1.29 is 19.0 Å². The summed E-state index contributed by atoms with van der Waals surface area (Å²) in [5.74, 6) is 3.54. The number of rotatable bonds is 5. The van der Waals surface area contributed by atoms with Crippen LogP contribution in [0.15, 0.2) is 54.7 Å². The third-order valence-corrected chi connectivity index (χ3v) is 8.03. The second kappa shape index (κ2) is 10.4. The van der Waals surface area contributed by atoms with Crippen molar-refractivity contribution in [1.82, 2.24) is 35.0 Å². The molecule has 0 bridgehead atoms. The Hall–Kier alpha value is -4.71. The third kappa shape index (κ3) is 4.40. The molecular weight excluding hydrogens is 524 g/mol. The first-order valence-corrected chi connectivity index (χ1v) is 13.7. The summed E-state index contributed by atoms with van der Waals surface area (Å²) in [6.45, 7) is 3.75. The normalized spacial score (nSPS) is 18.3. The van der Waals surface area contributed by atoms with Gasteiger partial charge in [-0.25, -0.2) is 4.98 Å². The standard InChI is InChI=1S/C29H30N8O4/c1-34-12-10-20-17-22-26(41-18-40-22)27(39-2)24(20)25(34)28-31-32-33-37(28)21-8-6-19(7-9-21)29(38)36-15-13-35(14-16-36)23-5-3-4-11-30-23/h3-9,11,17,25H,10,12-16,18H2,1-2H3. The Morgan fingerprint density at radius 1 is 1.02 bits per heavy atom. The van der Waals surface area contributed by atoms with E-state index in [1.54, 1.807) is 18.0 Å². The van der Waals surface area contributed by atoms with Crippen molar-refractivity contribution in [2.75, 3.05) is 58.6 Å². The van der Waals surface area contributed by atoms with Crippen molar-refractivity contribution in [3.05, 3.63) is 77.2 Å². The number of piperazine rings is 1. The van der Waals surface area contributed by atoms with Crippen molar-refractivity contribution in [3.8, 4) is 22.9 Å². The van der Waals surface area contributed by atoms with Gasteiger partial charge in [-0.05, 0) is 71.9 Å². The highest BCUT2D eigenvalue weighted by atomic mass is 16.7. The molecule has 12 heteroatoms. The number of benzene rings is 2. The van der Waals surface area contributed by atoms with Crippen LogP contribution in [0.4, 0.5) is 5.82 Å². The number of carbonyl (C=O) groups excluding carboxylic acids is 1. The van der Waals surface area contributed by atoms with E-state index in [0.717, 1.165) is 48.7 Å². The van der Waals surface area contributed by atoms with Crippen LogP contribution in [0.25, 0.3) is 5.69 Å². The van der Waals surface area contributed by atoms with E-state index < -0.39 is 0 Å². The van der Waals surface area contributed by atoms with Gasteiger partial charge in [0.25, 0.3) is 5.91 Å². The second-order valence-electron chi connectivity index (χ2n) is 10.3. The van der Waals surface area contributed by atoms with Gasteiger partial charge >= 0.3 is 0 Å². The van der Waals surface area contributed by atoms with Gasteiger partial charge in [-0.15, -0.1) is 5.10 Å². The van der Waals surface area contributed by atoms with Crippen LogP contribution in [-0.4, -0.2) is 94.6 Å². The molecule has 0 aliphatic carbocycles. The molecule has 1 fully saturated rings. The quantitative estimate of drug-likeness (QED) is 0.365. The highest BCUT2D eigenvalue weighted by Crippen LogP contribution is 2.50. The summed E-state index contributed by atoms with van der Waals surface area (Å²) in [4.78, 5) is 24.0. The number of methoxy groups -OCH3 is 1. The summed E-state index contributed by atoms with van der Waals surface area (Å²) in [6, 6.07) is 15.1. The first kappa shape index (κ1) is 25.3. The van der Waals surface area contributed by atoms with Crippen LogP contribution in [0.1, 0.15) is 33.4 Å². The summed E-state index contributed by atoms with van der Waals surface area (Å²) < 4.78 is 19.0. The molecule has 1 amide bonds. The van der Waals surface area contributed by atoms with E-state index >= 15 is 0 Å². The second-order valence-corrected chi connectivity index (χ2v) is 10.3. The van der Waals surface area contributed by atoms with Gasteiger partial charge < -0.3 is 24.0 Å². The van der Waals surface area contributed by atoms with Crippen molar-refractivity contribution >= 4 is 11.7 Å². The Bertz CT molecular complexity index is 1570. The van der Waals surface area contributed by atoms with Crippen LogP contribution >= 0.6 is 0 Å². The molecule has 1 atom stereocenters. The molecular formula is C29H30N8O4. The zero-order valence-electron chi connectivity index (χ0n) is 22.9. The first-order valence-electron chi connectivity index (χ1n) is 13.7. The van der Waals surface area contributed by atoms with Crippen LogP contribution in [0, 0.1) is 0 Å². The maximum atomic E-state index is 13.3. The van der Waals surface area contributed by atoms with Gasteiger partial charge in [0.1, 0.15) is 11.9 Å². The Balaban J connectivity index is 1.13. The molecule has 41 heavy (non-hydrogen) atoms. The lowest BCUT2D eigenvalue weighted by Gasteiger charge is -2.35. The van der Waals surface area contributed by atoms with Gasteiger partial charge in [-0.1, -0.05) is 6.07 Å². The van der Waals surface area contributed by atoms with Crippen molar-refractivity contribution in [2.24, 2.45) is 0 Å². The van der Waals surface area contributed by atoms with Gasteiger partial charge in [0.15, 0.2) is 17.3 Å². The monoisotopic (exact) mass is 554 g/mol. The molecule has 0 spiro atoms. The summed E-state index contributed by atoms with van der Waals surface area (Å²) in [7, 11) is 3.69. The number of amides is 1. The Labute approximate surface area is 237 Å². The molecule has 1 unspecified atom stereocenters. The summed E-state index contributed by atoms with van der Waals surface area (Å²) in [5, 5.41) is 12.8. The average Bonchev–Trinajstić information content (AvgIpc) is 3.70. The molecule has 2 aromatic heterocycles. The van der Waals surface area contributed by atoms with E-state index in [9.17, 15) is 4.79 Å². The maximum Gasteiger partial charge on any atom is 0.253 e. The van der Waals surface area contributed by atoms with Gasteiger partial charge in [-0.2, -0.15) is 4.68 Å². The predicted octanol–water partition coefficient (Wildman–Crippen LogP) is 2.33. The van der Waals surface area contributed by atoms with Crippen LogP contribution < -0.4 is 19.1 Å². The molecule has 7 rings (SSSR count). The average molecular weight is 555 g/mol. The van der Waals surface area contributed by atoms with Gasteiger partial charge in [0, 0.05) is 50.0 Å². The minimum atomic E-state index is -0.269. The molecule has 5 heterocycles. The molecule has 210 valence electrons. The van der Waals surface area contributed by atoms with E-state index in [-0.39, 0.29) is 18.7 Å². The molecule has 12 nitrogen and oxygen atoms in total. The summed E-state index contributed by atoms with van der Waals surface area (Å²) in [6.07, 6.45) is 2.63. The molecule has 2 aromatic carbocycles. The fourth-order valence-corrected chi connectivity index (χ4v) is 5.91. The molecule has 1 saturated heterocycles. The Kier molecular flexibility index (Phi) is 6.38. The number of ether oxygens (including phenoxy) is 3. The number of nitrogens with zero attached hydrogens (tertiary/aromatic N) is 8. The van der Waals surface area contributed by atoms with Crippen LogP contribution in [-0.2, 0) is 6.42 Å². The molecule has 3 aliphatic heterocycles. The number of hydrogen-bond acceptors (Lipinski definition) is 10. The van der Waals surface area contributed by atoms with Crippen molar-refractivity contribution in [2.45, 2.75) is 12.5 Å². The molecule has 0 radical (unpaired) electrons. The maximum absolute atomic E-state index is 13.3. The van der Waals surface area contributed by atoms with E-state index in [4.69, 9.17) is 14.2 Å². The first-order chi connectivity index (χ1) is 20.1. The fraction of sp³-hybridized carbons (Fsp3) is 0.345. The van der Waals surface area contributed by atoms with Gasteiger partial charge in [0.05, 0.1) is 12.8 Å². The Morgan fingerprint density at radius 2 is 1.85 bits per heavy atom. The number of carbonyl (C=O) groups is 1. The number of anilines is 1. The summed E-state index contributed by atoms with van der Waals surface area (Å²) in [5.41, 5.74) is 3.48. The molecule has 0 N–H and O–H groups in total. The fourth-order valence-electron chi connectivity index (χ4n) is 5.91. The van der Waals surface area contributed by atoms with E-state index in [2.05, 4.69) is 30.3 Å². The van der Waals surface area contributed by atoms with E-state index in [1.165, 1.54) is 0 Å². The molecule has 4 aromatic rings. The van der Waals surface area contributed by atoms with E-state index in [1.807, 2.05) is 60.5 Å². The zero-order valence-corrected chi connectivity index (χ0v) is 22.9. The minimum Gasteiger partial charge on any atom is -0.492 e. The number of tetrazole rings is 1. The zero-order chi connectivity index (χ0) is 27.9. The third-order valence-electron chi connectivity index (χ3n) is 8.03. The lowest BCUT2D eigenvalue weighted by atomic mass is 9.90. The topological polar surface area (TPSA) is 111 Å². The predicted molar refractivity (Wildman–Crippen MR) is 149 cm³/mol. The van der Waals surface area contributed by atoms with Crippen LogP contribution in [0.5, 0.6) is 17.2 Å². The number of aromatic nitrogens is 5. The van der Waals surface area contributed by atoms with Crippen molar-refractivity contribution in [1.29, 1.82) is 0 Å². The molecule has 3 aliphatic rings. The molecule has 0 saturated carbocycles. The number of hydrogen-bond donors (Lipinski definition) is 0. The van der Waals surface area contributed by atoms with Gasteiger partial charge in [0.2, 0.25) is 12.5 Å². The Morgan fingerprint density at radius 3 is 2.61 bits per heavy atom. The number of fused-ring (bicyclic) bond motifs is 2. The lowest BCUT2D eigenvalue weighted by molar-refractivity contribution is 0.0746. The van der Waals surface area contributed by atoms with E-state index in [0.29, 0.717) is 41.7 Å². The smallest absolute Gasteiger partial charge is 0.253 e. The summed E-state index contributed by atoms with van der Waals surface area (Å²) >= 11 is 0. The highest BCUT2D eigenvalue weighted by Gasteiger charge is 2.38. The van der Waals surface area contributed by atoms with Gasteiger partial charge in [-0.3, -0.25) is 9.69 Å². The number of pyridine rings is 1. The van der Waals surface area contributed by atoms with Crippen molar-refractivity contribution in [3.63, 3.8) is 0 Å². The number of likely N-dealkylation sites (N-methyl/N-ethyl adjacent to an activating group) is 1. The SMILES string of the molecule is COc1c2c(cc3c1C(c1nnnn1-c1ccc(C(=O)N4CCN(c5ccccn5)CC4)cc1)N(C)CC3)OCO2.